The predicted molar refractivity (Wildman–Crippen MR) is 91.7 cm³/mol. The van der Waals surface area contributed by atoms with Gasteiger partial charge in [0.15, 0.2) is 0 Å². The molecule has 0 aromatic carbocycles. The molecule has 0 spiro atoms. The molecule has 1 amide bonds. The molecule has 5 heteroatoms. The first kappa shape index (κ1) is 16.0. The third-order valence-electron chi connectivity index (χ3n) is 4.60. The first-order valence-corrected chi connectivity index (χ1v) is 8.79. The minimum Gasteiger partial charge on any atom is -0.356 e. The van der Waals surface area contributed by atoms with Crippen LogP contribution in [0.3, 0.4) is 0 Å². The molecule has 1 aromatic heterocycles. The van der Waals surface area contributed by atoms with Crippen molar-refractivity contribution in [2.45, 2.75) is 51.9 Å². The van der Waals surface area contributed by atoms with Crippen LogP contribution in [0.1, 0.15) is 61.3 Å². The SMILES string of the molecule is Cc1nc(C(=O)NCCC2=CCCCC2)cc(N2CCCC2)n1. The standard InChI is InChI=1S/C18H26N4O/c1-14-20-16(13-17(21-14)22-11-5-6-12-22)18(23)19-10-9-15-7-3-2-4-8-15/h7,13H,2-6,8-12H2,1H3,(H,19,23). The Morgan fingerprint density at radius 2 is 2.04 bits per heavy atom. The number of anilines is 1. The number of carbonyl (C=O) groups excluding carboxylic acids is 1. The van der Waals surface area contributed by atoms with E-state index < -0.39 is 0 Å². The summed E-state index contributed by atoms with van der Waals surface area (Å²) in [5.74, 6) is 1.46. The molecule has 0 atom stereocenters. The number of aromatic nitrogens is 2. The van der Waals surface area contributed by atoms with Gasteiger partial charge in [0.05, 0.1) is 0 Å². The summed E-state index contributed by atoms with van der Waals surface area (Å²) in [5, 5.41) is 3.00. The van der Waals surface area contributed by atoms with Gasteiger partial charge in [-0.3, -0.25) is 4.79 Å². The van der Waals surface area contributed by atoms with E-state index in [2.05, 4.69) is 26.3 Å². The van der Waals surface area contributed by atoms with Gasteiger partial charge >= 0.3 is 0 Å². The molecule has 5 nitrogen and oxygen atoms in total. The van der Waals surface area contributed by atoms with Crippen molar-refractivity contribution >= 4 is 11.7 Å². The Morgan fingerprint density at radius 3 is 2.78 bits per heavy atom. The van der Waals surface area contributed by atoms with Crippen LogP contribution in [-0.2, 0) is 0 Å². The molecular formula is C18H26N4O. The maximum Gasteiger partial charge on any atom is 0.270 e. The van der Waals surface area contributed by atoms with Crippen molar-refractivity contribution in [1.29, 1.82) is 0 Å². The van der Waals surface area contributed by atoms with Crippen LogP contribution >= 0.6 is 0 Å². The highest BCUT2D eigenvalue weighted by molar-refractivity contribution is 5.92. The number of rotatable bonds is 5. The summed E-state index contributed by atoms with van der Waals surface area (Å²) in [4.78, 5) is 23.4. The summed E-state index contributed by atoms with van der Waals surface area (Å²) in [5.41, 5.74) is 1.96. The van der Waals surface area contributed by atoms with Gasteiger partial charge < -0.3 is 10.2 Å². The molecular weight excluding hydrogens is 288 g/mol. The van der Waals surface area contributed by atoms with Gasteiger partial charge in [-0.2, -0.15) is 0 Å². The van der Waals surface area contributed by atoms with Crippen LogP contribution in [0, 0.1) is 6.92 Å². The topological polar surface area (TPSA) is 58.1 Å². The predicted octanol–water partition coefficient (Wildman–Crippen LogP) is 3.01. The molecule has 1 aromatic rings. The summed E-state index contributed by atoms with van der Waals surface area (Å²) in [6, 6.07) is 1.83. The van der Waals surface area contributed by atoms with Gasteiger partial charge in [0.1, 0.15) is 17.3 Å². The lowest BCUT2D eigenvalue weighted by Gasteiger charge is -2.17. The smallest absolute Gasteiger partial charge is 0.270 e. The van der Waals surface area contributed by atoms with Crippen LogP contribution in [0.15, 0.2) is 17.7 Å². The van der Waals surface area contributed by atoms with E-state index >= 15 is 0 Å². The Hall–Kier alpha value is -1.91. The fourth-order valence-corrected chi connectivity index (χ4v) is 3.34. The number of nitrogens with zero attached hydrogens (tertiary/aromatic N) is 3. The van der Waals surface area contributed by atoms with Crippen molar-refractivity contribution in [1.82, 2.24) is 15.3 Å². The molecule has 1 N–H and O–H groups in total. The number of hydrogen-bond acceptors (Lipinski definition) is 4. The van der Waals surface area contributed by atoms with E-state index in [9.17, 15) is 4.79 Å². The summed E-state index contributed by atoms with van der Waals surface area (Å²) in [6.07, 6.45) is 10.6. The average Bonchev–Trinajstić information content (AvgIpc) is 3.10. The molecule has 0 bridgehead atoms. The molecule has 3 rings (SSSR count). The number of hydrogen-bond donors (Lipinski definition) is 1. The van der Waals surface area contributed by atoms with Crippen LogP contribution < -0.4 is 10.2 Å². The van der Waals surface area contributed by atoms with E-state index in [-0.39, 0.29) is 5.91 Å². The second kappa shape index (κ2) is 7.57. The van der Waals surface area contributed by atoms with Gasteiger partial charge in [-0.05, 0) is 51.9 Å². The largest absolute Gasteiger partial charge is 0.356 e. The van der Waals surface area contributed by atoms with Crippen molar-refractivity contribution in [2.75, 3.05) is 24.5 Å². The molecule has 0 radical (unpaired) electrons. The van der Waals surface area contributed by atoms with Gasteiger partial charge in [-0.15, -0.1) is 0 Å². The molecule has 124 valence electrons. The van der Waals surface area contributed by atoms with E-state index in [1.165, 1.54) is 44.1 Å². The number of carbonyl (C=O) groups is 1. The number of aryl methyl sites for hydroxylation is 1. The summed E-state index contributed by atoms with van der Waals surface area (Å²) in [7, 11) is 0. The van der Waals surface area contributed by atoms with E-state index in [0.29, 0.717) is 18.1 Å². The Kier molecular flexibility index (Phi) is 5.26. The third kappa shape index (κ3) is 4.30. The highest BCUT2D eigenvalue weighted by atomic mass is 16.1. The molecule has 2 heterocycles. The molecule has 0 unspecified atom stereocenters. The summed E-state index contributed by atoms with van der Waals surface area (Å²) < 4.78 is 0. The van der Waals surface area contributed by atoms with Crippen molar-refractivity contribution in [2.24, 2.45) is 0 Å². The van der Waals surface area contributed by atoms with Crippen molar-refractivity contribution in [3.63, 3.8) is 0 Å². The second-order valence-corrected chi connectivity index (χ2v) is 6.47. The summed E-state index contributed by atoms with van der Waals surface area (Å²) in [6.45, 7) is 4.58. The van der Waals surface area contributed by atoms with Gasteiger partial charge in [0.25, 0.3) is 5.91 Å². The minimum atomic E-state index is -0.0904. The second-order valence-electron chi connectivity index (χ2n) is 6.47. The Balaban J connectivity index is 1.59. The van der Waals surface area contributed by atoms with Crippen LogP contribution in [-0.4, -0.2) is 35.5 Å². The van der Waals surface area contributed by atoms with Gasteiger partial charge in [0, 0.05) is 25.7 Å². The number of amides is 1. The van der Waals surface area contributed by atoms with Crippen molar-refractivity contribution in [3.05, 3.63) is 29.2 Å². The minimum absolute atomic E-state index is 0.0904. The number of allylic oxidation sites excluding steroid dienone is 1. The molecule has 1 aliphatic heterocycles. The van der Waals surface area contributed by atoms with Crippen LogP contribution in [0.25, 0.3) is 0 Å². The Labute approximate surface area is 138 Å². The number of nitrogens with one attached hydrogen (secondary N) is 1. The third-order valence-corrected chi connectivity index (χ3v) is 4.60. The van der Waals surface area contributed by atoms with Crippen LogP contribution in [0.2, 0.25) is 0 Å². The lowest BCUT2D eigenvalue weighted by Crippen LogP contribution is -2.27. The van der Waals surface area contributed by atoms with E-state index in [0.717, 1.165) is 25.3 Å². The van der Waals surface area contributed by atoms with E-state index in [1.54, 1.807) is 0 Å². The lowest BCUT2D eigenvalue weighted by atomic mass is 9.97. The normalized spacial score (nSPS) is 18.0. The van der Waals surface area contributed by atoms with E-state index in [4.69, 9.17) is 0 Å². The Bertz CT molecular complexity index is 591. The monoisotopic (exact) mass is 314 g/mol. The highest BCUT2D eigenvalue weighted by Crippen LogP contribution is 2.20. The maximum atomic E-state index is 12.4. The molecule has 1 fully saturated rings. The quantitative estimate of drug-likeness (QED) is 0.849. The van der Waals surface area contributed by atoms with Crippen molar-refractivity contribution in [3.8, 4) is 0 Å². The molecule has 23 heavy (non-hydrogen) atoms. The zero-order valence-corrected chi connectivity index (χ0v) is 14.0. The molecule has 0 saturated carbocycles. The first-order valence-electron chi connectivity index (χ1n) is 8.79. The zero-order chi connectivity index (χ0) is 16.1. The van der Waals surface area contributed by atoms with Crippen LogP contribution in [0.4, 0.5) is 5.82 Å². The van der Waals surface area contributed by atoms with Crippen molar-refractivity contribution < 1.29 is 4.79 Å². The zero-order valence-electron chi connectivity index (χ0n) is 14.0. The van der Waals surface area contributed by atoms with Crippen LogP contribution in [0.5, 0.6) is 0 Å². The lowest BCUT2D eigenvalue weighted by molar-refractivity contribution is 0.0948. The molecule has 1 saturated heterocycles. The van der Waals surface area contributed by atoms with Gasteiger partial charge in [-0.1, -0.05) is 11.6 Å². The highest BCUT2D eigenvalue weighted by Gasteiger charge is 2.17. The molecule has 1 aliphatic carbocycles. The fraction of sp³-hybridized carbons (Fsp3) is 0.611. The molecule has 2 aliphatic rings. The first-order chi connectivity index (χ1) is 11.2. The maximum absolute atomic E-state index is 12.4. The van der Waals surface area contributed by atoms with Gasteiger partial charge in [-0.25, -0.2) is 9.97 Å². The fourth-order valence-electron chi connectivity index (χ4n) is 3.34. The summed E-state index contributed by atoms with van der Waals surface area (Å²) >= 11 is 0. The van der Waals surface area contributed by atoms with E-state index in [1.807, 2.05) is 13.0 Å². The van der Waals surface area contributed by atoms with Gasteiger partial charge in [0.2, 0.25) is 0 Å². The average molecular weight is 314 g/mol. The Morgan fingerprint density at radius 1 is 1.22 bits per heavy atom.